The van der Waals surface area contributed by atoms with Crippen molar-refractivity contribution in [2.24, 2.45) is 0 Å². The highest BCUT2D eigenvalue weighted by Gasteiger charge is 2.09. The number of rotatable bonds is 5. The van der Waals surface area contributed by atoms with E-state index in [-0.39, 0.29) is 11.9 Å². The zero-order chi connectivity index (χ0) is 12.0. The number of amides is 1. The van der Waals surface area contributed by atoms with Gasteiger partial charge >= 0.3 is 0 Å². The molecular formula is C13H20N2O. The Morgan fingerprint density at radius 1 is 1.31 bits per heavy atom. The molecule has 16 heavy (non-hydrogen) atoms. The fourth-order valence-corrected chi connectivity index (χ4v) is 1.40. The topological polar surface area (TPSA) is 41.1 Å². The van der Waals surface area contributed by atoms with Crippen molar-refractivity contribution in [2.75, 3.05) is 6.54 Å². The summed E-state index contributed by atoms with van der Waals surface area (Å²) in [5.74, 6) is 0.0506. The second kappa shape index (κ2) is 6.28. The third kappa shape index (κ3) is 4.03. The number of hydrogen-bond acceptors (Lipinski definition) is 2. The van der Waals surface area contributed by atoms with Gasteiger partial charge in [0, 0.05) is 13.1 Å². The van der Waals surface area contributed by atoms with Crippen LogP contribution in [0.3, 0.4) is 0 Å². The summed E-state index contributed by atoms with van der Waals surface area (Å²) in [5, 5.41) is 5.98. The molecule has 2 N–H and O–H groups in total. The minimum atomic E-state index is -0.152. The zero-order valence-corrected chi connectivity index (χ0v) is 10.2. The molecule has 0 heterocycles. The lowest BCUT2D eigenvalue weighted by molar-refractivity contribution is -0.122. The van der Waals surface area contributed by atoms with Crippen molar-refractivity contribution in [3.63, 3.8) is 0 Å². The summed E-state index contributed by atoms with van der Waals surface area (Å²) in [6.07, 6.45) is 0. The Hall–Kier alpha value is -1.35. The van der Waals surface area contributed by atoms with E-state index in [0.717, 1.165) is 6.54 Å². The second-order valence-corrected chi connectivity index (χ2v) is 3.98. The SMILES string of the molecule is CCNC(=O)C(C)NCc1ccc(C)cc1. The van der Waals surface area contributed by atoms with Gasteiger partial charge in [-0.3, -0.25) is 4.79 Å². The molecule has 88 valence electrons. The van der Waals surface area contributed by atoms with Crippen LogP contribution in [0.1, 0.15) is 25.0 Å². The van der Waals surface area contributed by atoms with E-state index in [2.05, 4.69) is 41.8 Å². The van der Waals surface area contributed by atoms with Gasteiger partial charge in [0.1, 0.15) is 0 Å². The molecule has 0 aliphatic rings. The van der Waals surface area contributed by atoms with Crippen LogP contribution >= 0.6 is 0 Å². The molecule has 1 atom stereocenters. The maximum atomic E-state index is 11.4. The Balaban J connectivity index is 2.39. The molecule has 1 amide bonds. The van der Waals surface area contributed by atoms with Crippen LogP contribution in [0.4, 0.5) is 0 Å². The zero-order valence-electron chi connectivity index (χ0n) is 10.2. The number of carbonyl (C=O) groups is 1. The number of nitrogens with one attached hydrogen (secondary N) is 2. The third-order valence-corrected chi connectivity index (χ3v) is 2.48. The standard InChI is InChI=1S/C13H20N2O/c1-4-14-13(16)11(3)15-9-12-7-5-10(2)6-8-12/h5-8,11,15H,4,9H2,1-3H3,(H,14,16). The number of hydrogen-bond donors (Lipinski definition) is 2. The molecule has 0 bridgehead atoms. The van der Waals surface area contributed by atoms with Crippen LogP contribution in [0.25, 0.3) is 0 Å². The average Bonchev–Trinajstić information content (AvgIpc) is 2.28. The fraction of sp³-hybridized carbons (Fsp3) is 0.462. The van der Waals surface area contributed by atoms with E-state index in [1.807, 2.05) is 13.8 Å². The molecule has 1 aromatic carbocycles. The second-order valence-electron chi connectivity index (χ2n) is 3.98. The first kappa shape index (κ1) is 12.7. The van der Waals surface area contributed by atoms with Gasteiger partial charge in [0.25, 0.3) is 0 Å². The van der Waals surface area contributed by atoms with Crippen molar-refractivity contribution in [3.8, 4) is 0 Å². The van der Waals surface area contributed by atoms with E-state index in [0.29, 0.717) is 6.54 Å². The first-order valence-electron chi connectivity index (χ1n) is 5.70. The minimum Gasteiger partial charge on any atom is -0.355 e. The van der Waals surface area contributed by atoms with E-state index in [9.17, 15) is 4.79 Å². The fourth-order valence-electron chi connectivity index (χ4n) is 1.40. The maximum absolute atomic E-state index is 11.4. The molecule has 0 saturated carbocycles. The molecule has 0 radical (unpaired) electrons. The van der Waals surface area contributed by atoms with E-state index in [1.165, 1.54) is 11.1 Å². The minimum absolute atomic E-state index is 0.0506. The largest absolute Gasteiger partial charge is 0.355 e. The van der Waals surface area contributed by atoms with Crippen LogP contribution in [0.5, 0.6) is 0 Å². The van der Waals surface area contributed by atoms with Gasteiger partial charge in [-0.05, 0) is 26.3 Å². The Labute approximate surface area is 97.2 Å². The summed E-state index contributed by atoms with van der Waals surface area (Å²) in [6, 6.07) is 8.16. The highest BCUT2D eigenvalue weighted by Crippen LogP contribution is 2.02. The monoisotopic (exact) mass is 220 g/mol. The summed E-state index contributed by atoms with van der Waals surface area (Å²) in [7, 11) is 0. The number of likely N-dealkylation sites (N-methyl/N-ethyl adjacent to an activating group) is 1. The van der Waals surface area contributed by atoms with Gasteiger partial charge in [0.15, 0.2) is 0 Å². The Bertz CT molecular complexity index is 332. The lowest BCUT2D eigenvalue weighted by atomic mass is 10.1. The van der Waals surface area contributed by atoms with Crippen molar-refractivity contribution in [2.45, 2.75) is 33.4 Å². The van der Waals surface area contributed by atoms with E-state index < -0.39 is 0 Å². The highest BCUT2D eigenvalue weighted by molar-refractivity contribution is 5.81. The van der Waals surface area contributed by atoms with Crippen molar-refractivity contribution < 1.29 is 4.79 Å². The maximum Gasteiger partial charge on any atom is 0.236 e. The summed E-state index contributed by atoms with van der Waals surface area (Å²) in [6.45, 7) is 7.26. The Kier molecular flexibility index (Phi) is 4.99. The first-order chi connectivity index (χ1) is 7.63. The predicted octanol–water partition coefficient (Wildman–Crippen LogP) is 1.61. The van der Waals surface area contributed by atoms with Gasteiger partial charge < -0.3 is 10.6 Å². The van der Waals surface area contributed by atoms with E-state index in [1.54, 1.807) is 0 Å². The molecule has 1 aromatic rings. The summed E-state index contributed by atoms with van der Waals surface area (Å²) in [5.41, 5.74) is 2.45. The van der Waals surface area contributed by atoms with Gasteiger partial charge in [-0.1, -0.05) is 29.8 Å². The smallest absolute Gasteiger partial charge is 0.236 e. The van der Waals surface area contributed by atoms with Gasteiger partial charge in [-0.25, -0.2) is 0 Å². The molecule has 0 aliphatic heterocycles. The molecule has 0 aromatic heterocycles. The van der Waals surface area contributed by atoms with Crippen molar-refractivity contribution >= 4 is 5.91 Å². The van der Waals surface area contributed by atoms with Crippen molar-refractivity contribution in [1.29, 1.82) is 0 Å². The molecule has 0 aliphatic carbocycles. The Morgan fingerprint density at radius 2 is 1.94 bits per heavy atom. The predicted molar refractivity (Wildman–Crippen MR) is 66.2 cm³/mol. The van der Waals surface area contributed by atoms with E-state index >= 15 is 0 Å². The van der Waals surface area contributed by atoms with Crippen LogP contribution < -0.4 is 10.6 Å². The normalized spacial score (nSPS) is 12.2. The molecule has 1 unspecified atom stereocenters. The number of carbonyl (C=O) groups excluding carboxylic acids is 1. The summed E-state index contributed by atoms with van der Waals surface area (Å²) >= 11 is 0. The highest BCUT2D eigenvalue weighted by atomic mass is 16.2. The van der Waals surface area contributed by atoms with Crippen LogP contribution in [0.15, 0.2) is 24.3 Å². The molecular weight excluding hydrogens is 200 g/mol. The van der Waals surface area contributed by atoms with Gasteiger partial charge in [-0.2, -0.15) is 0 Å². The molecule has 0 fully saturated rings. The number of aryl methyl sites for hydroxylation is 1. The van der Waals surface area contributed by atoms with Crippen molar-refractivity contribution in [3.05, 3.63) is 35.4 Å². The quantitative estimate of drug-likeness (QED) is 0.791. The molecule has 3 nitrogen and oxygen atoms in total. The number of benzene rings is 1. The molecule has 0 saturated heterocycles. The van der Waals surface area contributed by atoms with E-state index in [4.69, 9.17) is 0 Å². The molecule has 1 rings (SSSR count). The summed E-state index contributed by atoms with van der Waals surface area (Å²) < 4.78 is 0. The van der Waals surface area contributed by atoms with Gasteiger partial charge in [0.05, 0.1) is 6.04 Å². The van der Waals surface area contributed by atoms with Gasteiger partial charge in [-0.15, -0.1) is 0 Å². The Morgan fingerprint density at radius 3 is 2.50 bits per heavy atom. The molecule has 3 heteroatoms. The third-order valence-electron chi connectivity index (χ3n) is 2.48. The van der Waals surface area contributed by atoms with Crippen LogP contribution in [-0.2, 0) is 11.3 Å². The lowest BCUT2D eigenvalue weighted by Crippen LogP contribution is -2.41. The van der Waals surface area contributed by atoms with Gasteiger partial charge in [0.2, 0.25) is 5.91 Å². The lowest BCUT2D eigenvalue weighted by Gasteiger charge is -2.13. The van der Waals surface area contributed by atoms with Crippen LogP contribution in [-0.4, -0.2) is 18.5 Å². The van der Waals surface area contributed by atoms with Crippen molar-refractivity contribution in [1.82, 2.24) is 10.6 Å². The first-order valence-corrected chi connectivity index (χ1v) is 5.70. The average molecular weight is 220 g/mol. The van der Waals surface area contributed by atoms with Crippen LogP contribution in [0.2, 0.25) is 0 Å². The summed E-state index contributed by atoms with van der Waals surface area (Å²) in [4.78, 5) is 11.4. The van der Waals surface area contributed by atoms with Crippen LogP contribution in [0, 0.1) is 6.92 Å². The molecule has 0 spiro atoms.